The van der Waals surface area contributed by atoms with Crippen LogP contribution in [-0.2, 0) is 13.0 Å². The summed E-state index contributed by atoms with van der Waals surface area (Å²) in [5.74, 6) is 0.903. The van der Waals surface area contributed by atoms with Crippen LogP contribution >= 0.6 is 0 Å². The molecule has 0 unspecified atom stereocenters. The Morgan fingerprint density at radius 1 is 0.962 bits per heavy atom. The van der Waals surface area contributed by atoms with Gasteiger partial charge in [0.05, 0.1) is 0 Å². The van der Waals surface area contributed by atoms with Gasteiger partial charge in [0.1, 0.15) is 6.54 Å². The van der Waals surface area contributed by atoms with Gasteiger partial charge in [-0.15, -0.1) is 0 Å². The van der Waals surface area contributed by atoms with Crippen molar-refractivity contribution in [3.63, 3.8) is 0 Å². The molecule has 0 bridgehead atoms. The predicted molar refractivity (Wildman–Crippen MR) is 110 cm³/mol. The minimum atomic E-state index is 0.693. The summed E-state index contributed by atoms with van der Waals surface area (Å²) in [6.45, 7) is 4.80. The summed E-state index contributed by atoms with van der Waals surface area (Å²) in [5.41, 5.74) is 3.27. The molecule has 146 valence electrons. The fraction of sp³-hybridized carbons (Fsp3) is 0.792. The number of hydrogen-bond acceptors (Lipinski definition) is 1. The van der Waals surface area contributed by atoms with E-state index in [2.05, 4.69) is 41.8 Å². The second-order valence-corrected chi connectivity index (χ2v) is 8.80. The molecule has 2 atom stereocenters. The average Bonchev–Trinajstić information content (AvgIpc) is 3.05. The highest BCUT2D eigenvalue weighted by Gasteiger charge is 2.40. The topological polar surface area (TPSA) is 7.12 Å². The fourth-order valence-electron chi connectivity index (χ4n) is 5.28. The molecule has 0 saturated carbocycles. The SMILES string of the molecule is CCCCCCCCCCCC[n+]1cccc2c1CC[C@@H]1CCN(C)[C@H]21. The molecular weight excluding hydrogens is 316 g/mol. The van der Waals surface area contributed by atoms with Crippen LogP contribution in [0.1, 0.15) is 101 Å². The van der Waals surface area contributed by atoms with Crippen molar-refractivity contribution in [1.29, 1.82) is 0 Å². The van der Waals surface area contributed by atoms with E-state index in [0.29, 0.717) is 6.04 Å². The Kier molecular flexibility index (Phi) is 7.98. The number of aryl methyl sites for hydroxylation is 1. The van der Waals surface area contributed by atoms with Crippen molar-refractivity contribution >= 4 is 0 Å². The van der Waals surface area contributed by atoms with Crippen LogP contribution in [0.5, 0.6) is 0 Å². The van der Waals surface area contributed by atoms with Crippen molar-refractivity contribution in [1.82, 2.24) is 4.90 Å². The van der Waals surface area contributed by atoms with Gasteiger partial charge in [0.25, 0.3) is 0 Å². The number of likely N-dealkylation sites (tertiary alicyclic amines) is 1. The van der Waals surface area contributed by atoms with Gasteiger partial charge in [0.15, 0.2) is 11.9 Å². The van der Waals surface area contributed by atoms with Gasteiger partial charge in [-0.3, -0.25) is 4.90 Å². The van der Waals surface area contributed by atoms with E-state index in [4.69, 9.17) is 0 Å². The van der Waals surface area contributed by atoms with Gasteiger partial charge in [-0.1, -0.05) is 58.3 Å². The number of nitrogens with zero attached hydrogens (tertiary/aromatic N) is 2. The number of unbranched alkanes of at least 4 members (excludes halogenated alkanes) is 9. The maximum Gasteiger partial charge on any atom is 0.186 e. The molecule has 1 fully saturated rings. The third kappa shape index (κ3) is 5.09. The summed E-state index contributed by atoms with van der Waals surface area (Å²) < 4.78 is 2.59. The Labute approximate surface area is 162 Å². The lowest BCUT2D eigenvalue weighted by molar-refractivity contribution is -0.705. The van der Waals surface area contributed by atoms with Gasteiger partial charge in [0.2, 0.25) is 0 Å². The normalized spacial score (nSPS) is 22.4. The smallest absolute Gasteiger partial charge is 0.186 e. The second kappa shape index (κ2) is 10.4. The zero-order valence-electron chi connectivity index (χ0n) is 17.4. The molecule has 1 aromatic rings. The number of fused-ring (bicyclic) bond motifs is 3. The molecule has 1 aliphatic carbocycles. The minimum absolute atomic E-state index is 0.693. The quantitative estimate of drug-likeness (QED) is 0.357. The third-order valence-electron chi connectivity index (χ3n) is 6.82. The molecule has 1 saturated heterocycles. The summed E-state index contributed by atoms with van der Waals surface area (Å²) in [5, 5.41) is 0. The Bertz CT molecular complexity index is 539. The molecule has 2 nitrogen and oxygen atoms in total. The first-order valence-electron chi connectivity index (χ1n) is 11.5. The van der Waals surface area contributed by atoms with Gasteiger partial charge in [0, 0.05) is 30.5 Å². The summed E-state index contributed by atoms with van der Waals surface area (Å²) >= 11 is 0. The lowest BCUT2D eigenvalue weighted by atomic mass is 9.82. The number of rotatable bonds is 11. The Hall–Kier alpha value is -0.890. The highest BCUT2D eigenvalue weighted by Crippen LogP contribution is 2.42. The van der Waals surface area contributed by atoms with Crippen molar-refractivity contribution in [3.05, 3.63) is 29.6 Å². The summed E-state index contributed by atoms with van der Waals surface area (Å²) in [6.07, 6.45) is 20.6. The van der Waals surface area contributed by atoms with Crippen molar-refractivity contribution in [2.24, 2.45) is 5.92 Å². The zero-order chi connectivity index (χ0) is 18.2. The fourth-order valence-corrected chi connectivity index (χ4v) is 5.28. The monoisotopic (exact) mass is 357 g/mol. The van der Waals surface area contributed by atoms with Crippen LogP contribution in [0.4, 0.5) is 0 Å². The van der Waals surface area contributed by atoms with Crippen LogP contribution in [0.2, 0.25) is 0 Å². The van der Waals surface area contributed by atoms with Crippen LogP contribution < -0.4 is 4.57 Å². The Balaban J connectivity index is 1.38. The largest absolute Gasteiger partial charge is 0.299 e. The molecule has 0 amide bonds. The maximum absolute atomic E-state index is 2.59. The molecule has 26 heavy (non-hydrogen) atoms. The van der Waals surface area contributed by atoms with Crippen molar-refractivity contribution < 1.29 is 4.57 Å². The molecule has 0 N–H and O–H groups in total. The molecule has 2 heteroatoms. The molecule has 2 aliphatic rings. The first-order chi connectivity index (χ1) is 12.8. The first-order valence-corrected chi connectivity index (χ1v) is 11.5. The standard InChI is InChI=1S/C24H41N2/c1-3-4-5-6-7-8-9-10-11-12-18-26-19-13-14-22-23(26)16-15-21-17-20-25(2)24(21)22/h13-14,19,21,24H,3-12,15-18,20H2,1-2H3/q+1/t21-,24+/m1/s1. The van der Waals surface area contributed by atoms with E-state index in [1.54, 1.807) is 11.3 Å². The van der Waals surface area contributed by atoms with Crippen LogP contribution in [0.15, 0.2) is 18.3 Å². The van der Waals surface area contributed by atoms with E-state index in [0.717, 1.165) is 5.92 Å². The second-order valence-electron chi connectivity index (χ2n) is 8.80. The van der Waals surface area contributed by atoms with Crippen molar-refractivity contribution in [3.8, 4) is 0 Å². The molecule has 0 spiro atoms. The lowest BCUT2D eigenvalue weighted by Crippen LogP contribution is -2.42. The van der Waals surface area contributed by atoms with Crippen molar-refractivity contribution in [2.75, 3.05) is 13.6 Å². The summed E-state index contributed by atoms with van der Waals surface area (Å²) in [6, 6.07) is 5.39. The van der Waals surface area contributed by atoms with E-state index in [1.807, 2.05) is 0 Å². The van der Waals surface area contributed by atoms with E-state index in [-0.39, 0.29) is 0 Å². The number of aromatic nitrogens is 1. The molecule has 3 rings (SSSR count). The van der Waals surface area contributed by atoms with Gasteiger partial charge >= 0.3 is 0 Å². The molecule has 0 aromatic carbocycles. The van der Waals surface area contributed by atoms with E-state index in [1.165, 1.54) is 96.6 Å². The van der Waals surface area contributed by atoms with Gasteiger partial charge in [-0.2, -0.15) is 0 Å². The van der Waals surface area contributed by atoms with Crippen molar-refractivity contribution in [2.45, 2.75) is 103 Å². The third-order valence-corrected chi connectivity index (χ3v) is 6.82. The molecule has 1 aromatic heterocycles. The van der Waals surface area contributed by atoms with Gasteiger partial charge in [-0.05, 0) is 44.8 Å². The molecular formula is C24H41N2+. The Morgan fingerprint density at radius 3 is 2.38 bits per heavy atom. The highest BCUT2D eigenvalue weighted by atomic mass is 15.2. The van der Waals surface area contributed by atoms with Crippen LogP contribution in [-0.4, -0.2) is 18.5 Å². The number of hydrogen-bond donors (Lipinski definition) is 0. The van der Waals surface area contributed by atoms with Crippen LogP contribution in [0.25, 0.3) is 0 Å². The van der Waals surface area contributed by atoms with E-state index < -0.39 is 0 Å². The molecule has 0 radical (unpaired) electrons. The average molecular weight is 358 g/mol. The maximum atomic E-state index is 2.59. The zero-order valence-corrected chi connectivity index (χ0v) is 17.4. The van der Waals surface area contributed by atoms with Crippen LogP contribution in [0, 0.1) is 5.92 Å². The number of pyridine rings is 1. The summed E-state index contributed by atoms with van der Waals surface area (Å²) in [4.78, 5) is 2.59. The Morgan fingerprint density at radius 2 is 1.65 bits per heavy atom. The molecule has 1 aliphatic heterocycles. The predicted octanol–water partition coefficient (Wildman–Crippen LogP) is 5.83. The first kappa shape index (κ1) is 19.9. The van der Waals surface area contributed by atoms with E-state index >= 15 is 0 Å². The van der Waals surface area contributed by atoms with Crippen LogP contribution in [0.3, 0.4) is 0 Å². The summed E-state index contributed by atoms with van der Waals surface area (Å²) in [7, 11) is 2.32. The van der Waals surface area contributed by atoms with E-state index in [9.17, 15) is 0 Å². The minimum Gasteiger partial charge on any atom is -0.299 e. The van der Waals surface area contributed by atoms with Gasteiger partial charge in [-0.25, -0.2) is 4.57 Å². The lowest BCUT2D eigenvalue weighted by Gasteiger charge is -2.30. The highest BCUT2D eigenvalue weighted by molar-refractivity contribution is 5.25. The molecule has 2 heterocycles. The van der Waals surface area contributed by atoms with Gasteiger partial charge < -0.3 is 0 Å².